The van der Waals surface area contributed by atoms with Gasteiger partial charge in [-0.15, -0.1) is 0 Å². The van der Waals surface area contributed by atoms with Crippen molar-refractivity contribution in [1.82, 2.24) is 9.55 Å². The topological polar surface area (TPSA) is 87.9 Å². The van der Waals surface area contributed by atoms with E-state index in [1.807, 2.05) is 12.1 Å². The van der Waals surface area contributed by atoms with Gasteiger partial charge in [0.2, 0.25) is 0 Å². The van der Waals surface area contributed by atoms with E-state index in [2.05, 4.69) is 4.98 Å². The second kappa shape index (κ2) is 5.23. The maximum atomic E-state index is 11.6. The Morgan fingerprint density at radius 2 is 2.00 bits per heavy atom. The van der Waals surface area contributed by atoms with E-state index in [4.69, 9.17) is 10.00 Å². The fourth-order valence-corrected chi connectivity index (χ4v) is 1.63. The fraction of sp³-hybridized carbons (Fsp3) is 0.154. The highest BCUT2D eigenvalue weighted by atomic mass is 16.5. The minimum atomic E-state index is -0.668. The van der Waals surface area contributed by atoms with E-state index in [-0.39, 0.29) is 12.1 Å². The second-order valence-electron chi connectivity index (χ2n) is 3.89. The van der Waals surface area contributed by atoms with Crippen LogP contribution in [0.4, 0.5) is 0 Å². The summed E-state index contributed by atoms with van der Waals surface area (Å²) in [6.07, 6.45) is 1.26. The van der Waals surface area contributed by atoms with Crippen LogP contribution in [0.25, 0.3) is 0 Å². The van der Waals surface area contributed by atoms with Crippen molar-refractivity contribution in [2.45, 2.75) is 6.54 Å². The van der Waals surface area contributed by atoms with Crippen molar-refractivity contribution in [2.24, 2.45) is 0 Å². The van der Waals surface area contributed by atoms with Gasteiger partial charge in [0.05, 0.1) is 13.7 Å². The van der Waals surface area contributed by atoms with E-state index < -0.39 is 11.2 Å². The Balaban J connectivity index is 2.35. The van der Waals surface area contributed by atoms with Gasteiger partial charge in [-0.1, -0.05) is 12.1 Å². The van der Waals surface area contributed by atoms with Crippen molar-refractivity contribution >= 4 is 0 Å². The molecule has 0 aliphatic rings. The molecular formula is C13H11N3O3. The van der Waals surface area contributed by atoms with Crippen molar-refractivity contribution < 1.29 is 4.74 Å². The quantitative estimate of drug-likeness (QED) is 0.865. The number of aromatic amines is 1. The molecule has 0 atom stereocenters. The molecule has 0 radical (unpaired) electrons. The van der Waals surface area contributed by atoms with Crippen LogP contribution in [0.5, 0.6) is 5.75 Å². The van der Waals surface area contributed by atoms with Crippen LogP contribution in [0.1, 0.15) is 11.1 Å². The molecule has 0 saturated heterocycles. The summed E-state index contributed by atoms with van der Waals surface area (Å²) in [5.74, 6) is 0.718. The van der Waals surface area contributed by atoms with E-state index in [0.717, 1.165) is 11.3 Å². The Morgan fingerprint density at radius 1 is 1.32 bits per heavy atom. The summed E-state index contributed by atoms with van der Waals surface area (Å²) in [4.78, 5) is 25.0. The summed E-state index contributed by atoms with van der Waals surface area (Å²) >= 11 is 0. The van der Waals surface area contributed by atoms with Gasteiger partial charge in [-0.05, 0) is 17.7 Å². The third-order valence-electron chi connectivity index (χ3n) is 2.64. The number of benzene rings is 1. The molecule has 1 aromatic heterocycles. The summed E-state index contributed by atoms with van der Waals surface area (Å²) < 4.78 is 6.32. The van der Waals surface area contributed by atoms with Gasteiger partial charge in [-0.2, -0.15) is 5.26 Å². The maximum absolute atomic E-state index is 11.6. The van der Waals surface area contributed by atoms with Gasteiger partial charge >= 0.3 is 5.69 Å². The smallest absolute Gasteiger partial charge is 0.328 e. The van der Waals surface area contributed by atoms with Crippen LogP contribution in [0.3, 0.4) is 0 Å². The summed E-state index contributed by atoms with van der Waals surface area (Å²) in [7, 11) is 1.57. The number of nitrogens with zero attached hydrogens (tertiary/aromatic N) is 2. The first-order chi connectivity index (χ1) is 9.13. The summed E-state index contributed by atoms with van der Waals surface area (Å²) in [6.45, 7) is 0.272. The molecule has 0 aliphatic heterocycles. The maximum Gasteiger partial charge on any atom is 0.328 e. The average Bonchev–Trinajstić information content (AvgIpc) is 2.42. The monoisotopic (exact) mass is 257 g/mol. The highest BCUT2D eigenvalue weighted by molar-refractivity contribution is 5.28. The van der Waals surface area contributed by atoms with Crippen molar-refractivity contribution in [3.05, 3.63) is 62.4 Å². The largest absolute Gasteiger partial charge is 0.497 e. The summed E-state index contributed by atoms with van der Waals surface area (Å²) in [5.41, 5.74) is -0.440. The number of nitriles is 1. The molecule has 0 amide bonds. The summed E-state index contributed by atoms with van der Waals surface area (Å²) in [6, 6.07) is 8.91. The Kier molecular flexibility index (Phi) is 3.48. The molecule has 19 heavy (non-hydrogen) atoms. The Hall–Kier alpha value is -2.81. The lowest BCUT2D eigenvalue weighted by atomic mass is 10.2. The molecule has 0 fully saturated rings. The zero-order chi connectivity index (χ0) is 13.8. The van der Waals surface area contributed by atoms with Gasteiger partial charge in [0.1, 0.15) is 17.4 Å². The van der Waals surface area contributed by atoms with Gasteiger partial charge < -0.3 is 4.74 Å². The molecule has 1 N–H and O–H groups in total. The molecule has 0 unspecified atom stereocenters. The molecule has 0 aliphatic carbocycles. The number of methoxy groups -OCH3 is 1. The number of aromatic nitrogens is 2. The number of ether oxygens (including phenoxy) is 1. The molecule has 6 nitrogen and oxygen atoms in total. The molecule has 0 saturated carbocycles. The van der Waals surface area contributed by atoms with Gasteiger partial charge in [0.15, 0.2) is 0 Å². The summed E-state index contributed by atoms with van der Waals surface area (Å²) in [5, 5.41) is 8.77. The van der Waals surface area contributed by atoms with Crippen LogP contribution < -0.4 is 16.0 Å². The standard InChI is InChI=1S/C13H11N3O3/c1-19-11-4-2-9(3-5-11)7-16-8-10(6-14)12(17)15-13(16)18/h2-5,8H,7H2,1H3,(H,15,17,18). The van der Waals surface area contributed by atoms with Crippen LogP contribution in [-0.4, -0.2) is 16.7 Å². The minimum absolute atomic E-state index is 0.0897. The van der Waals surface area contributed by atoms with Crippen LogP contribution in [0.15, 0.2) is 40.1 Å². The molecule has 2 rings (SSSR count). The first-order valence-corrected chi connectivity index (χ1v) is 5.51. The predicted molar refractivity (Wildman–Crippen MR) is 68.1 cm³/mol. The molecule has 96 valence electrons. The Bertz CT molecular complexity index is 735. The van der Waals surface area contributed by atoms with Crippen LogP contribution in [0.2, 0.25) is 0 Å². The lowest BCUT2D eigenvalue weighted by Gasteiger charge is -2.06. The van der Waals surface area contributed by atoms with E-state index in [0.29, 0.717) is 0 Å². The van der Waals surface area contributed by atoms with E-state index in [9.17, 15) is 9.59 Å². The molecule has 6 heteroatoms. The number of rotatable bonds is 3. The zero-order valence-electron chi connectivity index (χ0n) is 10.2. The van der Waals surface area contributed by atoms with Crippen molar-refractivity contribution in [2.75, 3.05) is 7.11 Å². The van der Waals surface area contributed by atoms with E-state index >= 15 is 0 Å². The number of hydrogen-bond donors (Lipinski definition) is 1. The molecule has 0 spiro atoms. The van der Waals surface area contributed by atoms with Gasteiger partial charge in [0, 0.05) is 6.20 Å². The van der Waals surface area contributed by atoms with Gasteiger partial charge in [-0.3, -0.25) is 14.3 Å². The predicted octanol–water partition coefficient (Wildman–Crippen LogP) is 0.465. The minimum Gasteiger partial charge on any atom is -0.497 e. The third-order valence-corrected chi connectivity index (χ3v) is 2.64. The first-order valence-electron chi connectivity index (χ1n) is 5.51. The van der Waals surface area contributed by atoms with Gasteiger partial charge in [-0.25, -0.2) is 4.79 Å². The number of H-pyrrole nitrogens is 1. The van der Waals surface area contributed by atoms with Crippen LogP contribution in [-0.2, 0) is 6.54 Å². The normalized spacial score (nSPS) is 9.89. The molecule has 0 bridgehead atoms. The Morgan fingerprint density at radius 3 is 2.58 bits per heavy atom. The number of nitrogens with one attached hydrogen (secondary N) is 1. The van der Waals surface area contributed by atoms with Crippen LogP contribution in [0, 0.1) is 11.3 Å². The van der Waals surface area contributed by atoms with Crippen LogP contribution >= 0.6 is 0 Å². The highest BCUT2D eigenvalue weighted by Gasteiger charge is 2.04. The van der Waals surface area contributed by atoms with Gasteiger partial charge in [0.25, 0.3) is 5.56 Å². The van der Waals surface area contributed by atoms with Crippen molar-refractivity contribution in [3.8, 4) is 11.8 Å². The SMILES string of the molecule is COc1ccc(Cn2cc(C#N)c(=O)[nH]c2=O)cc1. The van der Waals surface area contributed by atoms with Crippen molar-refractivity contribution in [1.29, 1.82) is 5.26 Å². The lowest BCUT2D eigenvalue weighted by molar-refractivity contribution is 0.414. The Labute approximate surface area is 108 Å². The molecule has 1 heterocycles. The molecule has 2 aromatic rings. The first kappa shape index (κ1) is 12.6. The highest BCUT2D eigenvalue weighted by Crippen LogP contribution is 2.11. The fourth-order valence-electron chi connectivity index (χ4n) is 1.63. The number of hydrogen-bond acceptors (Lipinski definition) is 4. The van der Waals surface area contributed by atoms with Crippen molar-refractivity contribution in [3.63, 3.8) is 0 Å². The second-order valence-corrected chi connectivity index (χ2v) is 3.89. The third kappa shape index (κ3) is 2.72. The van der Waals surface area contributed by atoms with E-state index in [1.165, 1.54) is 10.8 Å². The lowest BCUT2D eigenvalue weighted by Crippen LogP contribution is -2.31. The molecular weight excluding hydrogens is 246 g/mol. The molecule has 1 aromatic carbocycles. The van der Waals surface area contributed by atoms with E-state index in [1.54, 1.807) is 25.3 Å². The average molecular weight is 257 g/mol. The zero-order valence-corrected chi connectivity index (χ0v) is 10.2.